The molecule has 0 aromatic carbocycles. The number of hydrogen-bond acceptors (Lipinski definition) is 4. The van der Waals surface area contributed by atoms with E-state index in [0.717, 1.165) is 6.42 Å². The Morgan fingerprint density at radius 3 is 2.74 bits per heavy atom. The van der Waals surface area contributed by atoms with Crippen LogP contribution in [0.4, 0.5) is 4.79 Å². The molecule has 0 saturated carbocycles. The van der Waals surface area contributed by atoms with Gasteiger partial charge >= 0.3 is 12.0 Å². The molecule has 4 N–H and O–H groups in total. The maximum absolute atomic E-state index is 11.6. The van der Waals surface area contributed by atoms with E-state index in [9.17, 15) is 14.7 Å². The third-order valence-electron chi connectivity index (χ3n) is 3.19. The summed E-state index contributed by atoms with van der Waals surface area (Å²) >= 11 is 0. The largest absolute Gasteiger partial charge is 0.481 e. The number of rotatable bonds is 6. The Kier molecular flexibility index (Phi) is 5.56. The summed E-state index contributed by atoms with van der Waals surface area (Å²) < 4.78 is 5.24. The normalized spacial score (nSPS) is 23.4. The predicted molar refractivity (Wildman–Crippen MR) is 67.8 cm³/mol. The van der Waals surface area contributed by atoms with E-state index < -0.39 is 24.0 Å². The fourth-order valence-electron chi connectivity index (χ4n) is 1.98. The minimum Gasteiger partial charge on any atom is -0.481 e. The lowest BCUT2D eigenvalue weighted by Gasteiger charge is -2.24. The highest BCUT2D eigenvalue weighted by atomic mass is 16.5. The topological polar surface area (TPSA) is 108 Å². The summed E-state index contributed by atoms with van der Waals surface area (Å²) in [6, 6.07) is -0.433. The average Bonchev–Trinajstić information content (AvgIpc) is 2.78. The van der Waals surface area contributed by atoms with E-state index >= 15 is 0 Å². The zero-order chi connectivity index (χ0) is 14.5. The highest BCUT2D eigenvalue weighted by Gasteiger charge is 2.26. The summed E-state index contributed by atoms with van der Waals surface area (Å²) in [6.45, 7) is 4.51. The number of carboxylic acid groups (broad SMARTS) is 1. The first-order valence-electron chi connectivity index (χ1n) is 6.36. The minimum atomic E-state index is -1.46. The number of carbonyl (C=O) groups excluding carboxylic acids is 1. The smallest absolute Gasteiger partial charge is 0.315 e. The van der Waals surface area contributed by atoms with Gasteiger partial charge in [-0.15, -0.1) is 0 Å². The van der Waals surface area contributed by atoms with Gasteiger partial charge in [0.1, 0.15) is 0 Å². The lowest BCUT2D eigenvalue weighted by Crippen LogP contribution is -2.49. The Bertz CT molecular complexity index is 326. The van der Waals surface area contributed by atoms with Crippen molar-refractivity contribution in [1.82, 2.24) is 10.6 Å². The third kappa shape index (κ3) is 5.89. The van der Waals surface area contributed by atoms with Crippen molar-refractivity contribution >= 4 is 12.0 Å². The molecule has 0 bridgehead atoms. The van der Waals surface area contributed by atoms with Crippen LogP contribution in [0.25, 0.3) is 0 Å². The number of aliphatic carboxylic acids is 1. The van der Waals surface area contributed by atoms with Crippen molar-refractivity contribution in [2.45, 2.75) is 38.3 Å². The molecule has 0 aliphatic carbocycles. The zero-order valence-electron chi connectivity index (χ0n) is 11.3. The Morgan fingerprint density at radius 2 is 2.21 bits per heavy atom. The first-order valence-corrected chi connectivity index (χ1v) is 6.36. The molecule has 7 nitrogen and oxygen atoms in total. The van der Waals surface area contributed by atoms with Crippen LogP contribution in [0, 0.1) is 5.92 Å². The van der Waals surface area contributed by atoms with Crippen molar-refractivity contribution in [1.29, 1.82) is 0 Å². The molecule has 0 spiro atoms. The molecule has 7 heteroatoms. The van der Waals surface area contributed by atoms with Gasteiger partial charge < -0.3 is 25.6 Å². The summed E-state index contributed by atoms with van der Waals surface area (Å²) in [5.74, 6) is -0.811. The molecule has 110 valence electrons. The van der Waals surface area contributed by atoms with E-state index in [-0.39, 0.29) is 12.6 Å². The molecular formula is C12H22N2O5. The van der Waals surface area contributed by atoms with Gasteiger partial charge in [0.25, 0.3) is 0 Å². The molecule has 1 aliphatic heterocycles. The monoisotopic (exact) mass is 274 g/mol. The summed E-state index contributed by atoms with van der Waals surface area (Å²) in [6.07, 6.45) is 0.497. The maximum Gasteiger partial charge on any atom is 0.315 e. The van der Waals surface area contributed by atoms with E-state index in [1.54, 1.807) is 0 Å². The van der Waals surface area contributed by atoms with Gasteiger partial charge in [-0.3, -0.25) is 4.79 Å². The Balaban J connectivity index is 2.28. The SMILES string of the molecule is CC(NC(=O)NCC(C)(O)CC(=O)O)C1CCOC1. The van der Waals surface area contributed by atoms with Crippen molar-refractivity contribution in [3.8, 4) is 0 Å². The molecule has 3 unspecified atom stereocenters. The number of hydrogen-bond donors (Lipinski definition) is 4. The fraction of sp³-hybridized carbons (Fsp3) is 0.833. The van der Waals surface area contributed by atoms with E-state index in [1.165, 1.54) is 6.92 Å². The van der Waals surface area contributed by atoms with Crippen molar-refractivity contribution in [2.75, 3.05) is 19.8 Å². The van der Waals surface area contributed by atoms with Crippen LogP contribution in [-0.4, -0.2) is 53.6 Å². The number of amides is 2. The van der Waals surface area contributed by atoms with Crippen LogP contribution in [0.15, 0.2) is 0 Å². The Morgan fingerprint density at radius 1 is 1.53 bits per heavy atom. The lowest BCUT2D eigenvalue weighted by atomic mass is 10.0. The van der Waals surface area contributed by atoms with Gasteiger partial charge in [0.05, 0.1) is 18.6 Å². The molecule has 19 heavy (non-hydrogen) atoms. The van der Waals surface area contributed by atoms with Crippen molar-refractivity contribution in [3.63, 3.8) is 0 Å². The molecule has 1 heterocycles. The quantitative estimate of drug-likeness (QED) is 0.542. The van der Waals surface area contributed by atoms with Gasteiger partial charge in [-0.25, -0.2) is 4.79 Å². The van der Waals surface area contributed by atoms with Gasteiger partial charge in [0.2, 0.25) is 0 Å². The fourth-order valence-corrected chi connectivity index (χ4v) is 1.98. The zero-order valence-corrected chi connectivity index (χ0v) is 11.3. The Hall–Kier alpha value is -1.34. The number of urea groups is 1. The summed E-state index contributed by atoms with van der Waals surface area (Å²) in [5.41, 5.74) is -1.46. The number of carboxylic acids is 1. The number of carbonyl (C=O) groups is 2. The number of aliphatic hydroxyl groups is 1. The first kappa shape index (κ1) is 15.7. The molecule has 3 atom stereocenters. The average molecular weight is 274 g/mol. The summed E-state index contributed by atoms with van der Waals surface area (Å²) in [5, 5.41) is 23.6. The van der Waals surface area contributed by atoms with E-state index in [2.05, 4.69) is 10.6 Å². The third-order valence-corrected chi connectivity index (χ3v) is 3.19. The van der Waals surface area contributed by atoms with Gasteiger partial charge in [0, 0.05) is 25.1 Å². The van der Waals surface area contributed by atoms with Crippen LogP contribution >= 0.6 is 0 Å². The summed E-state index contributed by atoms with van der Waals surface area (Å²) in [4.78, 5) is 22.1. The van der Waals surface area contributed by atoms with Crippen molar-refractivity contribution in [3.05, 3.63) is 0 Å². The van der Waals surface area contributed by atoms with Crippen LogP contribution in [0.1, 0.15) is 26.7 Å². The van der Waals surface area contributed by atoms with Gasteiger partial charge in [-0.2, -0.15) is 0 Å². The molecule has 0 radical (unpaired) electrons. The number of nitrogens with one attached hydrogen (secondary N) is 2. The summed E-state index contributed by atoms with van der Waals surface area (Å²) in [7, 11) is 0. The van der Waals surface area contributed by atoms with E-state index in [1.807, 2.05) is 6.92 Å². The number of ether oxygens (including phenoxy) is 1. The minimum absolute atomic E-state index is 0.0214. The van der Waals surface area contributed by atoms with Crippen LogP contribution in [-0.2, 0) is 9.53 Å². The standard InChI is InChI=1S/C12H22N2O5/c1-8(9-3-4-19-6-9)14-11(17)13-7-12(2,18)5-10(15)16/h8-9,18H,3-7H2,1-2H3,(H,15,16)(H2,13,14,17). The molecule has 1 rings (SSSR count). The molecule has 0 aromatic rings. The highest BCUT2D eigenvalue weighted by molar-refractivity contribution is 5.74. The van der Waals surface area contributed by atoms with Gasteiger partial charge in [0.15, 0.2) is 0 Å². The maximum atomic E-state index is 11.6. The van der Waals surface area contributed by atoms with Crippen LogP contribution in [0.3, 0.4) is 0 Å². The van der Waals surface area contributed by atoms with Gasteiger partial charge in [-0.1, -0.05) is 0 Å². The highest BCUT2D eigenvalue weighted by Crippen LogP contribution is 2.16. The molecule has 1 fully saturated rings. The second kappa shape index (κ2) is 6.72. The molecular weight excluding hydrogens is 252 g/mol. The van der Waals surface area contributed by atoms with Crippen molar-refractivity contribution < 1.29 is 24.5 Å². The molecule has 2 amide bonds. The van der Waals surface area contributed by atoms with E-state index in [4.69, 9.17) is 9.84 Å². The van der Waals surface area contributed by atoms with Crippen LogP contribution < -0.4 is 10.6 Å². The van der Waals surface area contributed by atoms with Crippen LogP contribution in [0.5, 0.6) is 0 Å². The Labute approximate surface area is 112 Å². The second-order valence-corrected chi connectivity index (χ2v) is 5.31. The molecule has 1 aliphatic rings. The van der Waals surface area contributed by atoms with Crippen LogP contribution in [0.2, 0.25) is 0 Å². The lowest BCUT2D eigenvalue weighted by molar-refractivity contribution is -0.141. The molecule has 0 aromatic heterocycles. The second-order valence-electron chi connectivity index (χ2n) is 5.31. The molecule has 1 saturated heterocycles. The first-order chi connectivity index (χ1) is 8.80. The van der Waals surface area contributed by atoms with E-state index in [0.29, 0.717) is 19.1 Å². The van der Waals surface area contributed by atoms with Gasteiger partial charge in [-0.05, 0) is 20.3 Å². The van der Waals surface area contributed by atoms with Crippen molar-refractivity contribution in [2.24, 2.45) is 5.92 Å². The predicted octanol–water partition coefficient (Wildman–Crippen LogP) is -0.0637.